The van der Waals surface area contributed by atoms with E-state index in [9.17, 15) is 14.9 Å². The molecular weight excluding hydrogens is 344 g/mol. The Balaban J connectivity index is 1.99. The number of amides is 1. The van der Waals surface area contributed by atoms with Gasteiger partial charge in [-0.1, -0.05) is 29.8 Å². The van der Waals surface area contributed by atoms with E-state index in [0.717, 1.165) is 0 Å². The first-order valence-corrected chi connectivity index (χ1v) is 7.88. The third-order valence-corrected chi connectivity index (χ3v) is 4.43. The summed E-state index contributed by atoms with van der Waals surface area (Å²) in [6, 6.07) is 11.5. The largest absolute Gasteiger partial charge is 0.276 e. The van der Waals surface area contributed by atoms with Crippen LogP contribution in [0.1, 0.15) is 11.1 Å². The fraction of sp³-hybridized carbons (Fsp3) is 0.118. The number of benzene rings is 2. The lowest BCUT2D eigenvalue weighted by Gasteiger charge is -2.18. The van der Waals surface area contributed by atoms with Crippen molar-refractivity contribution in [2.45, 2.75) is 0 Å². The van der Waals surface area contributed by atoms with Gasteiger partial charge in [0.25, 0.3) is 11.6 Å². The second-order valence-electron chi connectivity index (χ2n) is 5.56. The van der Waals surface area contributed by atoms with Crippen LogP contribution in [0.25, 0.3) is 0 Å². The zero-order valence-electron chi connectivity index (χ0n) is 12.8. The number of hydrogen-bond donors (Lipinski definition) is 0. The highest BCUT2D eigenvalue weighted by atomic mass is 35.5. The van der Waals surface area contributed by atoms with E-state index in [1.807, 2.05) is 6.07 Å². The summed E-state index contributed by atoms with van der Waals surface area (Å²) >= 11 is 6.30. The van der Waals surface area contributed by atoms with Crippen molar-refractivity contribution in [3.05, 3.63) is 68.7 Å². The van der Waals surface area contributed by atoms with Crippen molar-refractivity contribution in [1.29, 1.82) is 0 Å². The van der Waals surface area contributed by atoms with E-state index in [0.29, 0.717) is 33.4 Å². The second-order valence-corrected chi connectivity index (χ2v) is 5.97. The van der Waals surface area contributed by atoms with Gasteiger partial charge in [-0.05, 0) is 12.1 Å². The number of aliphatic imine (C=N–C) groups is 2. The first-order chi connectivity index (χ1) is 12.1. The number of halogens is 1. The van der Waals surface area contributed by atoms with Gasteiger partial charge in [-0.15, -0.1) is 0 Å². The lowest BCUT2D eigenvalue weighted by atomic mass is 9.99. The number of carbonyl (C=O) groups is 1. The molecule has 0 saturated carbocycles. The Bertz CT molecular complexity index is 984. The second kappa shape index (κ2) is 5.78. The number of amidine groups is 1. The molecule has 0 radical (unpaired) electrons. The highest BCUT2D eigenvalue weighted by molar-refractivity contribution is 6.37. The Labute approximate surface area is 147 Å². The van der Waals surface area contributed by atoms with Crippen molar-refractivity contribution in [3.63, 3.8) is 0 Å². The Morgan fingerprint density at radius 2 is 1.88 bits per heavy atom. The van der Waals surface area contributed by atoms with Crippen molar-refractivity contribution in [1.82, 2.24) is 0 Å². The van der Waals surface area contributed by atoms with Gasteiger partial charge in [-0.25, -0.2) is 0 Å². The molecule has 2 heterocycles. The van der Waals surface area contributed by atoms with Crippen LogP contribution < -0.4 is 4.90 Å². The number of nitrogens with zero attached hydrogens (tertiary/aromatic N) is 4. The van der Waals surface area contributed by atoms with Crippen molar-refractivity contribution in [2.24, 2.45) is 9.98 Å². The molecule has 0 aromatic heterocycles. The minimum atomic E-state index is -0.476. The fourth-order valence-electron chi connectivity index (χ4n) is 2.98. The van der Waals surface area contributed by atoms with Crippen LogP contribution in [0.4, 0.5) is 11.4 Å². The number of nitro groups is 1. The van der Waals surface area contributed by atoms with Crippen LogP contribution in [-0.4, -0.2) is 35.5 Å². The summed E-state index contributed by atoms with van der Waals surface area (Å²) in [7, 11) is 0. The number of anilines is 1. The smallest absolute Gasteiger partial charge is 0.270 e. The molecule has 25 heavy (non-hydrogen) atoms. The van der Waals surface area contributed by atoms with Gasteiger partial charge in [0.05, 0.1) is 22.9 Å². The first kappa shape index (κ1) is 15.5. The average molecular weight is 355 g/mol. The molecule has 0 aliphatic carbocycles. The van der Waals surface area contributed by atoms with Crippen molar-refractivity contribution in [3.8, 4) is 0 Å². The number of carbonyl (C=O) groups excluding carboxylic acids is 1. The lowest BCUT2D eigenvalue weighted by molar-refractivity contribution is -0.384. The Kier molecular flexibility index (Phi) is 3.58. The first-order valence-electron chi connectivity index (χ1n) is 7.50. The summed E-state index contributed by atoms with van der Waals surface area (Å²) in [6.07, 6.45) is 0. The number of non-ortho nitro benzene ring substituents is 1. The SMILES string of the molecule is O=C1CN=C2CN=C(c3ccccc3Cl)c3cc([N+](=O)[O-])ccc3N12. The van der Waals surface area contributed by atoms with Crippen LogP contribution in [-0.2, 0) is 4.79 Å². The maximum atomic E-state index is 12.3. The number of rotatable bonds is 2. The predicted octanol–water partition coefficient (Wildman–Crippen LogP) is 2.84. The monoisotopic (exact) mass is 354 g/mol. The molecule has 0 atom stereocenters. The highest BCUT2D eigenvalue weighted by Gasteiger charge is 2.33. The van der Waals surface area contributed by atoms with Crippen LogP contribution >= 0.6 is 11.6 Å². The van der Waals surface area contributed by atoms with Gasteiger partial charge in [0, 0.05) is 28.3 Å². The van der Waals surface area contributed by atoms with E-state index in [1.54, 1.807) is 24.3 Å². The van der Waals surface area contributed by atoms with Gasteiger partial charge >= 0.3 is 0 Å². The summed E-state index contributed by atoms with van der Waals surface area (Å²) in [6.45, 7) is 0.261. The molecule has 2 aliphatic rings. The molecular formula is C17H11ClN4O3. The van der Waals surface area contributed by atoms with Gasteiger partial charge in [0.15, 0.2) is 0 Å². The highest BCUT2D eigenvalue weighted by Crippen LogP contribution is 2.33. The number of nitro benzene ring substituents is 1. The van der Waals surface area contributed by atoms with Crippen LogP contribution in [0.3, 0.4) is 0 Å². The van der Waals surface area contributed by atoms with Gasteiger partial charge in [-0.2, -0.15) is 0 Å². The standard InChI is InChI=1S/C17H11ClN4O3/c18-13-4-2-1-3-11(13)17-12-7-10(22(24)25)5-6-14(12)21-15(8-20-17)19-9-16(21)23/h1-7H,8-9H2. The Morgan fingerprint density at radius 1 is 1.08 bits per heavy atom. The van der Waals surface area contributed by atoms with Crippen molar-refractivity contribution in [2.75, 3.05) is 18.0 Å². The van der Waals surface area contributed by atoms with E-state index in [4.69, 9.17) is 11.6 Å². The Hall–Kier alpha value is -3.06. The zero-order chi connectivity index (χ0) is 17.6. The molecule has 0 saturated heterocycles. The molecule has 0 unspecified atom stereocenters. The van der Waals surface area contributed by atoms with E-state index in [1.165, 1.54) is 17.0 Å². The Morgan fingerprint density at radius 3 is 2.64 bits per heavy atom. The summed E-state index contributed by atoms with van der Waals surface area (Å²) in [5.41, 5.74) is 2.10. The van der Waals surface area contributed by atoms with E-state index >= 15 is 0 Å². The van der Waals surface area contributed by atoms with E-state index in [-0.39, 0.29) is 24.7 Å². The maximum Gasteiger partial charge on any atom is 0.270 e. The van der Waals surface area contributed by atoms with Crippen molar-refractivity contribution >= 4 is 40.4 Å². The molecule has 7 nitrogen and oxygen atoms in total. The van der Waals surface area contributed by atoms with Crippen LogP contribution in [0.2, 0.25) is 5.02 Å². The third-order valence-electron chi connectivity index (χ3n) is 4.10. The quantitative estimate of drug-likeness (QED) is 0.613. The van der Waals surface area contributed by atoms with Gasteiger partial charge < -0.3 is 0 Å². The minimum Gasteiger partial charge on any atom is -0.276 e. The molecule has 4 rings (SSSR count). The van der Waals surface area contributed by atoms with Crippen LogP contribution in [0, 0.1) is 10.1 Å². The number of fused-ring (bicyclic) bond motifs is 3. The summed E-state index contributed by atoms with van der Waals surface area (Å²) in [5.74, 6) is 0.350. The molecule has 1 amide bonds. The van der Waals surface area contributed by atoms with E-state index < -0.39 is 4.92 Å². The maximum absolute atomic E-state index is 12.3. The van der Waals surface area contributed by atoms with Crippen molar-refractivity contribution < 1.29 is 9.72 Å². The molecule has 0 fully saturated rings. The molecule has 0 bridgehead atoms. The van der Waals surface area contributed by atoms with Gasteiger partial charge in [-0.3, -0.25) is 29.8 Å². The topological polar surface area (TPSA) is 88.2 Å². The molecule has 0 N–H and O–H groups in total. The summed E-state index contributed by atoms with van der Waals surface area (Å²) in [5, 5.41) is 11.7. The fourth-order valence-corrected chi connectivity index (χ4v) is 3.20. The van der Waals surface area contributed by atoms with Crippen LogP contribution in [0.15, 0.2) is 52.4 Å². The van der Waals surface area contributed by atoms with Gasteiger partial charge in [0.1, 0.15) is 12.4 Å². The molecule has 124 valence electrons. The molecule has 2 aliphatic heterocycles. The normalized spacial score (nSPS) is 15.9. The van der Waals surface area contributed by atoms with Gasteiger partial charge in [0.2, 0.25) is 0 Å². The third kappa shape index (κ3) is 2.49. The summed E-state index contributed by atoms with van der Waals surface area (Å²) in [4.78, 5) is 33.2. The lowest BCUT2D eigenvalue weighted by Crippen LogP contribution is -2.33. The molecule has 2 aromatic rings. The number of hydrogen-bond acceptors (Lipinski definition) is 5. The van der Waals surface area contributed by atoms with E-state index in [2.05, 4.69) is 9.98 Å². The molecule has 2 aromatic carbocycles. The molecule has 8 heteroatoms. The minimum absolute atomic E-state index is 0.0582. The van der Waals surface area contributed by atoms with Crippen LogP contribution in [0.5, 0.6) is 0 Å². The average Bonchev–Trinajstić information content (AvgIpc) is 2.88. The zero-order valence-corrected chi connectivity index (χ0v) is 13.6. The predicted molar refractivity (Wildman–Crippen MR) is 94.8 cm³/mol. The summed E-state index contributed by atoms with van der Waals surface area (Å²) < 4.78 is 0. The molecule has 0 spiro atoms.